The third-order valence-electron chi connectivity index (χ3n) is 2.78. The van der Waals surface area contributed by atoms with E-state index in [0.29, 0.717) is 5.88 Å². The zero-order chi connectivity index (χ0) is 10.9. The van der Waals surface area contributed by atoms with E-state index >= 15 is 0 Å². The largest absolute Gasteiger partial charge is 0.306 e. The summed E-state index contributed by atoms with van der Waals surface area (Å²) in [6.45, 7) is 0.730. The van der Waals surface area contributed by atoms with Gasteiger partial charge in [0.1, 0.15) is 5.82 Å². The highest BCUT2D eigenvalue weighted by Crippen LogP contribution is 2.36. The lowest BCUT2D eigenvalue weighted by Crippen LogP contribution is -2.32. The molecule has 1 fully saturated rings. The van der Waals surface area contributed by atoms with Crippen molar-refractivity contribution in [1.29, 1.82) is 0 Å². The van der Waals surface area contributed by atoms with Crippen LogP contribution in [0.25, 0.3) is 0 Å². The number of halogens is 3. The van der Waals surface area contributed by atoms with Crippen molar-refractivity contribution in [2.75, 3.05) is 5.88 Å². The van der Waals surface area contributed by atoms with Gasteiger partial charge in [0.05, 0.1) is 0 Å². The first-order valence-electron chi connectivity index (χ1n) is 4.90. The van der Waals surface area contributed by atoms with Crippen LogP contribution in [0, 0.1) is 5.82 Å². The molecule has 0 amide bonds. The van der Waals surface area contributed by atoms with Gasteiger partial charge in [-0.2, -0.15) is 0 Å². The number of hydrogen-bond donors (Lipinski definition) is 1. The second-order valence-corrected chi connectivity index (χ2v) is 5.12. The highest BCUT2D eigenvalue weighted by Gasteiger charge is 2.41. The van der Waals surface area contributed by atoms with Crippen molar-refractivity contribution in [2.24, 2.45) is 0 Å². The predicted molar refractivity (Wildman–Crippen MR) is 63.6 cm³/mol. The minimum Gasteiger partial charge on any atom is -0.306 e. The number of alkyl halides is 1. The molecular weight excluding hydrogens is 280 g/mol. The van der Waals surface area contributed by atoms with Crippen molar-refractivity contribution < 1.29 is 4.39 Å². The minimum atomic E-state index is -0.218. The highest BCUT2D eigenvalue weighted by molar-refractivity contribution is 9.10. The number of nitrogens with one attached hydrogen (secondary N) is 1. The van der Waals surface area contributed by atoms with E-state index in [1.807, 2.05) is 0 Å². The van der Waals surface area contributed by atoms with Gasteiger partial charge in [-0.1, -0.05) is 22.0 Å². The van der Waals surface area contributed by atoms with Crippen molar-refractivity contribution in [2.45, 2.75) is 24.9 Å². The maximum atomic E-state index is 12.8. The molecule has 0 radical (unpaired) electrons. The summed E-state index contributed by atoms with van der Waals surface area (Å²) in [6.07, 6.45) is 2.27. The Kier molecular flexibility index (Phi) is 3.33. The normalized spacial score (nSPS) is 17.8. The topological polar surface area (TPSA) is 12.0 Å². The lowest BCUT2D eigenvalue weighted by Gasteiger charge is -2.14. The van der Waals surface area contributed by atoms with Crippen molar-refractivity contribution >= 4 is 27.5 Å². The van der Waals surface area contributed by atoms with Crippen LogP contribution in [0.5, 0.6) is 0 Å². The standard InChI is InChI=1S/C11H12BrClFN/c12-10-5-9(14)2-1-8(10)6-15-11(7-13)3-4-11/h1-2,5,15H,3-4,6-7H2. The van der Waals surface area contributed by atoms with Gasteiger partial charge in [-0.25, -0.2) is 4.39 Å². The summed E-state index contributed by atoms with van der Waals surface area (Å²) in [6, 6.07) is 4.75. The third-order valence-corrected chi connectivity index (χ3v) is 4.03. The molecule has 1 aromatic rings. The molecule has 0 saturated heterocycles. The molecular formula is C11H12BrClFN. The number of benzene rings is 1. The quantitative estimate of drug-likeness (QED) is 0.838. The molecule has 1 aliphatic carbocycles. The van der Waals surface area contributed by atoms with Crippen LogP contribution in [0.15, 0.2) is 22.7 Å². The molecule has 82 valence electrons. The maximum Gasteiger partial charge on any atom is 0.124 e. The van der Waals surface area contributed by atoms with Gasteiger partial charge in [0.15, 0.2) is 0 Å². The summed E-state index contributed by atoms with van der Waals surface area (Å²) < 4.78 is 13.6. The first kappa shape index (κ1) is 11.4. The number of rotatable bonds is 4. The zero-order valence-electron chi connectivity index (χ0n) is 8.19. The van der Waals surface area contributed by atoms with E-state index in [1.165, 1.54) is 12.1 Å². The molecule has 0 spiro atoms. The molecule has 0 heterocycles. The van der Waals surface area contributed by atoms with Crippen LogP contribution in [0.1, 0.15) is 18.4 Å². The van der Waals surface area contributed by atoms with E-state index in [2.05, 4.69) is 21.2 Å². The van der Waals surface area contributed by atoms with E-state index in [9.17, 15) is 4.39 Å². The van der Waals surface area contributed by atoms with Crippen molar-refractivity contribution in [3.8, 4) is 0 Å². The lowest BCUT2D eigenvalue weighted by molar-refractivity contribution is 0.541. The Balaban J connectivity index is 1.99. The molecule has 4 heteroatoms. The zero-order valence-corrected chi connectivity index (χ0v) is 10.5. The van der Waals surface area contributed by atoms with Gasteiger partial charge in [0.25, 0.3) is 0 Å². The molecule has 2 rings (SSSR count). The van der Waals surface area contributed by atoms with Crippen LogP contribution >= 0.6 is 27.5 Å². The SMILES string of the molecule is Fc1ccc(CNC2(CCl)CC2)c(Br)c1. The van der Waals surface area contributed by atoms with Crippen LogP contribution in [-0.2, 0) is 6.54 Å². The number of hydrogen-bond acceptors (Lipinski definition) is 1. The van der Waals surface area contributed by atoms with Gasteiger partial charge in [-0.3, -0.25) is 0 Å². The van der Waals surface area contributed by atoms with Crippen LogP contribution in [0.2, 0.25) is 0 Å². The molecule has 0 aliphatic heterocycles. The Hall–Kier alpha value is -0.120. The van der Waals surface area contributed by atoms with Gasteiger partial charge < -0.3 is 5.32 Å². The van der Waals surface area contributed by atoms with E-state index in [1.54, 1.807) is 6.07 Å². The van der Waals surface area contributed by atoms with Crippen molar-refractivity contribution in [1.82, 2.24) is 5.32 Å². The fourth-order valence-corrected chi connectivity index (χ4v) is 2.31. The first-order chi connectivity index (χ1) is 7.15. The lowest BCUT2D eigenvalue weighted by atomic mass is 10.2. The predicted octanol–water partition coefficient (Wildman–Crippen LogP) is 3.45. The van der Waals surface area contributed by atoms with Crippen LogP contribution in [0.4, 0.5) is 4.39 Å². The Morgan fingerprint density at radius 1 is 1.47 bits per heavy atom. The fourth-order valence-electron chi connectivity index (χ4n) is 1.46. The molecule has 1 aliphatic rings. The molecule has 1 nitrogen and oxygen atoms in total. The van der Waals surface area contributed by atoms with E-state index in [4.69, 9.17) is 11.6 Å². The van der Waals surface area contributed by atoms with E-state index in [-0.39, 0.29) is 11.4 Å². The van der Waals surface area contributed by atoms with Crippen molar-refractivity contribution in [3.05, 3.63) is 34.1 Å². The Bertz CT molecular complexity index is 366. The second kappa shape index (κ2) is 4.40. The third kappa shape index (κ3) is 2.71. The van der Waals surface area contributed by atoms with Crippen molar-refractivity contribution in [3.63, 3.8) is 0 Å². The van der Waals surface area contributed by atoms with Crippen LogP contribution in [-0.4, -0.2) is 11.4 Å². The summed E-state index contributed by atoms with van der Waals surface area (Å²) in [5, 5.41) is 3.41. The van der Waals surface area contributed by atoms with E-state index < -0.39 is 0 Å². The monoisotopic (exact) mass is 291 g/mol. The average molecular weight is 293 g/mol. The van der Waals surface area contributed by atoms with Gasteiger partial charge in [-0.05, 0) is 30.5 Å². The molecule has 0 atom stereocenters. The fraction of sp³-hybridized carbons (Fsp3) is 0.455. The first-order valence-corrected chi connectivity index (χ1v) is 6.23. The minimum absolute atomic E-state index is 0.134. The summed E-state index contributed by atoms with van der Waals surface area (Å²) in [5.74, 6) is 0.426. The average Bonchev–Trinajstić information content (AvgIpc) is 2.97. The Labute approximate surface area is 102 Å². The molecule has 1 N–H and O–H groups in total. The van der Waals surface area contributed by atoms with Gasteiger partial charge in [-0.15, -0.1) is 11.6 Å². The van der Waals surface area contributed by atoms with Gasteiger partial charge in [0, 0.05) is 22.4 Å². The van der Waals surface area contributed by atoms with Crippen LogP contribution in [0.3, 0.4) is 0 Å². The summed E-state index contributed by atoms with van der Waals surface area (Å²) in [4.78, 5) is 0. The van der Waals surface area contributed by atoms with Gasteiger partial charge in [0.2, 0.25) is 0 Å². The molecule has 15 heavy (non-hydrogen) atoms. The second-order valence-electron chi connectivity index (χ2n) is 4.00. The summed E-state index contributed by atoms with van der Waals surface area (Å²) in [7, 11) is 0. The smallest absolute Gasteiger partial charge is 0.124 e. The molecule has 1 aromatic carbocycles. The Morgan fingerprint density at radius 2 is 2.20 bits per heavy atom. The van der Waals surface area contributed by atoms with Gasteiger partial charge >= 0.3 is 0 Å². The summed E-state index contributed by atoms with van der Waals surface area (Å²) >= 11 is 9.20. The highest BCUT2D eigenvalue weighted by atomic mass is 79.9. The summed E-state index contributed by atoms with van der Waals surface area (Å²) in [5.41, 5.74) is 1.20. The molecule has 1 saturated carbocycles. The molecule has 0 unspecified atom stereocenters. The maximum absolute atomic E-state index is 12.8. The molecule has 0 bridgehead atoms. The molecule has 0 aromatic heterocycles. The van der Waals surface area contributed by atoms with Crippen LogP contribution < -0.4 is 5.32 Å². The Morgan fingerprint density at radius 3 is 2.73 bits per heavy atom. The van der Waals surface area contributed by atoms with E-state index in [0.717, 1.165) is 29.4 Å².